The number of anilines is 1. The van der Waals surface area contributed by atoms with E-state index in [0.717, 1.165) is 17.4 Å². The zero-order valence-corrected chi connectivity index (χ0v) is 9.82. The SMILES string of the molecule is c1cc2[nH]ncc2cc1NC1CCC[C@H]2C[C@@H]12. The number of rotatable bonds is 2. The second-order valence-electron chi connectivity index (χ2n) is 5.51. The molecule has 2 aliphatic rings. The fourth-order valence-corrected chi connectivity index (χ4v) is 3.34. The molecule has 3 heteroatoms. The molecule has 17 heavy (non-hydrogen) atoms. The van der Waals surface area contributed by atoms with Crippen LogP contribution in [-0.2, 0) is 0 Å². The number of H-pyrrole nitrogens is 1. The molecule has 2 aromatic rings. The van der Waals surface area contributed by atoms with Crippen LogP contribution in [0.5, 0.6) is 0 Å². The van der Waals surface area contributed by atoms with Crippen LogP contribution in [0.1, 0.15) is 25.7 Å². The molecule has 3 atom stereocenters. The van der Waals surface area contributed by atoms with E-state index < -0.39 is 0 Å². The molecule has 0 radical (unpaired) electrons. The first-order chi connectivity index (χ1) is 8.40. The van der Waals surface area contributed by atoms with Gasteiger partial charge in [-0.2, -0.15) is 5.10 Å². The fraction of sp³-hybridized carbons (Fsp3) is 0.500. The lowest BCUT2D eigenvalue weighted by molar-refractivity contribution is 0.440. The molecule has 2 N–H and O–H groups in total. The van der Waals surface area contributed by atoms with Gasteiger partial charge in [0.1, 0.15) is 0 Å². The molecule has 2 aliphatic carbocycles. The van der Waals surface area contributed by atoms with E-state index in [1.54, 1.807) is 0 Å². The molecule has 0 bridgehead atoms. The highest BCUT2D eigenvalue weighted by molar-refractivity contribution is 5.81. The summed E-state index contributed by atoms with van der Waals surface area (Å²) in [6, 6.07) is 7.17. The zero-order chi connectivity index (χ0) is 11.2. The summed E-state index contributed by atoms with van der Waals surface area (Å²) >= 11 is 0. The normalized spacial score (nSPS) is 31.2. The van der Waals surface area contributed by atoms with Crippen molar-refractivity contribution < 1.29 is 0 Å². The summed E-state index contributed by atoms with van der Waals surface area (Å²) in [6.45, 7) is 0. The van der Waals surface area contributed by atoms with Gasteiger partial charge in [0.05, 0.1) is 11.7 Å². The van der Waals surface area contributed by atoms with Crippen LogP contribution in [-0.4, -0.2) is 16.2 Å². The number of aromatic nitrogens is 2. The lowest BCUT2D eigenvalue weighted by atomic mass is 9.95. The van der Waals surface area contributed by atoms with Gasteiger partial charge in [0.15, 0.2) is 0 Å². The average Bonchev–Trinajstić information content (AvgIpc) is 3.00. The number of nitrogens with one attached hydrogen (secondary N) is 2. The van der Waals surface area contributed by atoms with Crippen molar-refractivity contribution >= 4 is 16.6 Å². The molecule has 1 aromatic heterocycles. The van der Waals surface area contributed by atoms with Gasteiger partial charge in [-0.1, -0.05) is 12.8 Å². The Morgan fingerprint density at radius 3 is 3.29 bits per heavy atom. The van der Waals surface area contributed by atoms with E-state index in [-0.39, 0.29) is 0 Å². The maximum absolute atomic E-state index is 4.06. The number of hydrogen-bond acceptors (Lipinski definition) is 2. The third-order valence-corrected chi connectivity index (χ3v) is 4.38. The van der Waals surface area contributed by atoms with E-state index in [0.29, 0.717) is 6.04 Å². The van der Waals surface area contributed by atoms with Gasteiger partial charge in [0.25, 0.3) is 0 Å². The third-order valence-electron chi connectivity index (χ3n) is 4.38. The van der Waals surface area contributed by atoms with Crippen LogP contribution in [0.2, 0.25) is 0 Å². The van der Waals surface area contributed by atoms with Crippen LogP contribution in [0.4, 0.5) is 5.69 Å². The Morgan fingerprint density at radius 1 is 1.29 bits per heavy atom. The first-order valence-corrected chi connectivity index (χ1v) is 6.60. The number of fused-ring (bicyclic) bond motifs is 2. The number of benzene rings is 1. The van der Waals surface area contributed by atoms with E-state index in [1.165, 1.54) is 36.8 Å². The van der Waals surface area contributed by atoms with Crippen molar-refractivity contribution in [1.29, 1.82) is 0 Å². The molecule has 1 unspecified atom stereocenters. The van der Waals surface area contributed by atoms with Gasteiger partial charge in [-0.3, -0.25) is 5.10 Å². The first kappa shape index (κ1) is 9.51. The quantitative estimate of drug-likeness (QED) is 0.827. The molecule has 1 heterocycles. The Balaban J connectivity index is 1.57. The summed E-state index contributed by atoms with van der Waals surface area (Å²) in [5.41, 5.74) is 2.36. The van der Waals surface area contributed by atoms with Crippen molar-refractivity contribution in [1.82, 2.24) is 10.2 Å². The van der Waals surface area contributed by atoms with Gasteiger partial charge >= 0.3 is 0 Å². The van der Waals surface area contributed by atoms with E-state index in [9.17, 15) is 0 Å². The molecule has 2 fully saturated rings. The van der Waals surface area contributed by atoms with Crippen molar-refractivity contribution in [3.8, 4) is 0 Å². The van der Waals surface area contributed by atoms with Crippen LogP contribution in [0.3, 0.4) is 0 Å². The van der Waals surface area contributed by atoms with E-state index >= 15 is 0 Å². The number of hydrogen-bond donors (Lipinski definition) is 2. The molecule has 2 saturated carbocycles. The second kappa shape index (κ2) is 3.49. The van der Waals surface area contributed by atoms with Crippen LogP contribution in [0, 0.1) is 11.8 Å². The Labute approximate surface area is 101 Å². The lowest BCUT2D eigenvalue weighted by Gasteiger charge is -2.23. The molecule has 1 aromatic carbocycles. The minimum Gasteiger partial charge on any atom is -0.382 e. The molecule has 4 rings (SSSR count). The first-order valence-electron chi connectivity index (χ1n) is 6.60. The highest BCUT2D eigenvalue weighted by Crippen LogP contribution is 2.50. The maximum atomic E-state index is 4.06. The van der Waals surface area contributed by atoms with Gasteiger partial charge in [-0.25, -0.2) is 0 Å². The Hall–Kier alpha value is -1.51. The Bertz CT molecular complexity index is 545. The molecule has 88 valence electrons. The minimum absolute atomic E-state index is 0.707. The van der Waals surface area contributed by atoms with Gasteiger partial charge in [0.2, 0.25) is 0 Å². The Morgan fingerprint density at radius 2 is 2.29 bits per heavy atom. The summed E-state index contributed by atoms with van der Waals surface area (Å²) in [5, 5.41) is 12.0. The number of nitrogens with zero attached hydrogens (tertiary/aromatic N) is 1. The molecule has 0 saturated heterocycles. The van der Waals surface area contributed by atoms with Crippen LogP contribution < -0.4 is 5.32 Å². The van der Waals surface area contributed by atoms with Gasteiger partial charge in [-0.15, -0.1) is 0 Å². The highest BCUT2D eigenvalue weighted by Gasteiger charge is 2.44. The van der Waals surface area contributed by atoms with Crippen molar-refractivity contribution in [2.24, 2.45) is 11.8 Å². The lowest BCUT2D eigenvalue weighted by Crippen LogP contribution is -2.25. The van der Waals surface area contributed by atoms with E-state index in [1.807, 2.05) is 6.20 Å². The van der Waals surface area contributed by atoms with Crippen molar-refractivity contribution in [3.63, 3.8) is 0 Å². The van der Waals surface area contributed by atoms with Gasteiger partial charge in [-0.05, 0) is 42.9 Å². The monoisotopic (exact) mass is 227 g/mol. The smallest absolute Gasteiger partial charge is 0.0651 e. The summed E-state index contributed by atoms with van der Waals surface area (Å²) in [6.07, 6.45) is 7.54. The minimum atomic E-state index is 0.707. The predicted octanol–water partition coefficient (Wildman–Crippen LogP) is 3.16. The zero-order valence-electron chi connectivity index (χ0n) is 9.82. The van der Waals surface area contributed by atoms with Crippen molar-refractivity contribution in [2.45, 2.75) is 31.7 Å². The largest absolute Gasteiger partial charge is 0.382 e. The van der Waals surface area contributed by atoms with Gasteiger partial charge in [0, 0.05) is 17.1 Å². The molecular weight excluding hydrogens is 210 g/mol. The summed E-state index contributed by atoms with van der Waals surface area (Å²) < 4.78 is 0. The summed E-state index contributed by atoms with van der Waals surface area (Å²) in [4.78, 5) is 0. The van der Waals surface area contributed by atoms with E-state index in [4.69, 9.17) is 0 Å². The van der Waals surface area contributed by atoms with Crippen LogP contribution >= 0.6 is 0 Å². The number of aromatic amines is 1. The second-order valence-corrected chi connectivity index (χ2v) is 5.51. The van der Waals surface area contributed by atoms with Crippen molar-refractivity contribution in [2.75, 3.05) is 5.32 Å². The summed E-state index contributed by atoms with van der Waals surface area (Å²) in [5.74, 6) is 1.97. The molecule has 0 amide bonds. The predicted molar refractivity (Wildman–Crippen MR) is 69.0 cm³/mol. The molecule has 3 nitrogen and oxygen atoms in total. The summed E-state index contributed by atoms with van der Waals surface area (Å²) in [7, 11) is 0. The average molecular weight is 227 g/mol. The Kier molecular flexibility index (Phi) is 1.95. The third kappa shape index (κ3) is 1.61. The van der Waals surface area contributed by atoms with E-state index in [2.05, 4.69) is 33.7 Å². The standard InChI is InChI=1S/C14H17N3/c1-2-9-7-12(9)14(3-1)16-11-4-5-13-10(6-11)8-15-17-13/h4-6,8-9,12,14,16H,1-3,7H2,(H,15,17)/t9-,12+,14?/m0/s1. The molecular formula is C14H17N3. The fourth-order valence-electron chi connectivity index (χ4n) is 3.34. The topological polar surface area (TPSA) is 40.7 Å². The van der Waals surface area contributed by atoms with Crippen molar-refractivity contribution in [3.05, 3.63) is 24.4 Å². The maximum Gasteiger partial charge on any atom is 0.0651 e. The van der Waals surface area contributed by atoms with Crippen LogP contribution in [0.25, 0.3) is 10.9 Å². The molecule has 0 spiro atoms. The van der Waals surface area contributed by atoms with Crippen LogP contribution in [0.15, 0.2) is 24.4 Å². The highest BCUT2D eigenvalue weighted by atomic mass is 15.1. The van der Waals surface area contributed by atoms with Gasteiger partial charge < -0.3 is 5.32 Å². The molecule has 0 aliphatic heterocycles.